The summed E-state index contributed by atoms with van der Waals surface area (Å²) in [5, 5.41) is 25.0. The molecule has 2 N–H and O–H groups in total. The zero-order chi connectivity index (χ0) is 43.3. The largest absolute Gasteiger partial charge is 0.368 e. The van der Waals surface area contributed by atoms with Crippen molar-refractivity contribution in [1.82, 2.24) is 30.2 Å². The fourth-order valence-corrected chi connectivity index (χ4v) is 8.78. The van der Waals surface area contributed by atoms with Crippen LogP contribution < -0.4 is 10.6 Å². The zero-order valence-corrected chi connectivity index (χ0v) is 36.1. The number of hydrogen-bond acceptors (Lipinski definition) is 7. The van der Waals surface area contributed by atoms with Gasteiger partial charge in [-0.15, -0.1) is 20.4 Å². The first-order chi connectivity index (χ1) is 29.9. The van der Waals surface area contributed by atoms with Gasteiger partial charge < -0.3 is 20.4 Å². The number of hydrogen-bond donors (Lipinski definition) is 2. The van der Waals surface area contributed by atoms with E-state index in [9.17, 15) is 13.6 Å². The van der Waals surface area contributed by atoms with E-state index in [0.29, 0.717) is 37.8 Å². The van der Waals surface area contributed by atoms with E-state index >= 15 is 0 Å². The van der Waals surface area contributed by atoms with Crippen molar-refractivity contribution < 1.29 is 13.6 Å². The van der Waals surface area contributed by atoms with Crippen LogP contribution in [0.5, 0.6) is 0 Å². The molecule has 2 atom stereocenters. The number of nitrogens with one attached hydrogen (secondary N) is 2. The molecular weight excluding hydrogens is 779 g/mol. The van der Waals surface area contributed by atoms with Crippen LogP contribution >= 0.6 is 0 Å². The number of likely N-dealkylation sites (tertiary alicyclic amines) is 2. The van der Waals surface area contributed by atoms with Crippen molar-refractivity contribution in [2.45, 2.75) is 89.1 Å². The SMILES string of the molecule is CC(C)(CNc1ccc(-c2cccc(C3CCCCN3C(=O)N3CCCCC3c3cccc(-c4ccc(NCC(C)(C)c5ccc(F)cc5)nn4)c3)c2)nn1)c1ccc(F)cc1. The molecule has 0 radical (unpaired) electrons. The Kier molecular flexibility index (Phi) is 12.6. The number of carbonyl (C=O) groups is 1. The van der Waals surface area contributed by atoms with Gasteiger partial charge in [-0.1, -0.05) is 88.4 Å². The molecule has 4 heterocycles. The minimum absolute atomic E-state index is 0.0450. The number of rotatable bonds is 12. The van der Waals surface area contributed by atoms with Gasteiger partial charge in [0.15, 0.2) is 0 Å². The molecule has 2 saturated heterocycles. The molecule has 0 aliphatic carbocycles. The summed E-state index contributed by atoms with van der Waals surface area (Å²) in [5.74, 6) is 0.852. The van der Waals surface area contributed by atoms with Gasteiger partial charge in [-0.25, -0.2) is 13.6 Å². The lowest BCUT2D eigenvalue weighted by atomic mass is 9.84. The number of piperidine rings is 2. The first-order valence-corrected chi connectivity index (χ1v) is 21.9. The molecule has 2 amide bonds. The van der Waals surface area contributed by atoms with E-state index < -0.39 is 0 Å². The van der Waals surface area contributed by atoms with Crippen molar-refractivity contribution in [3.05, 3.63) is 155 Å². The highest BCUT2D eigenvalue weighted by Gasteiger charge is 2.36. The van der Waals surface area contributed by atoms with Crippen molar-refractivity contribution in [2.75, 3.05) is 36.8 Å². The van der Waals surface area contributed by atoms with Gasteiger partial charge in [0.2, 0.25) is 0 Å². The minimum atomic E-state index is -0.245. The van der Waals surface area contributed by atoms with Crippen LogP contribution in [0.3, 0.4) is 0 Å². The Morgan fingerprint density at radius 3 is 1.37 bits per heavy atom. The Bertz CT molecular complexity index is 2270. The maximum atomic E-state index is 14.7. The number of nitrogens with zero attached hydrogens (tertiary/aromatic N) is 6. The highest BCUT2D eigenvalue weighted by atomic mass is 19.1. The fourth-order valence-electron chi connectivity index (χ4n) is 8.78. The molecule has 6 aromatic rings. The highest BCUT2D eigenvalue weighted by Crippen LogP contribution is 2.38. The van der Waals surface area contributed by atoms with Gasteiger partial charge in [0.1, 0.15) is 23.3 Å². The zero-order valence-electron chi connectivity index (χ0n) is 36.1. The number of carbonyl (C=O) groups excluding carboxylic acids is 1. The van der Waals surface area contributed by atoms with Crippen molar-refractivity contribution in [1.29, 1.82) is 0 Å². The van der Waals surface area contributed by atoms with Crippen LogP contribution in [0.15, 0.2) is 121 Å². The smallest absolute Gasteiger partial charge is 0.321 e. The lowest BCUT2D eigenvalue weighted by Gasteiger charge is -2.43. The standard InChI is InChI=1S/C51H56F2N8O/c1-50(2,39-17-21-41(52)22-18-39)33-54-47-27-25-43(56-58-47)35-11-9-13-37(31-35)45-15-5-7-29-60(45)49(62)61-30-8-6-16-46(61)38-14-10-12-36(32-38)44-26-28-48(59-57-44)55-34-51(3,4)40-19-23-42(53)24-20-40/h9-14,17-28,31-32,45-46H,5-8,15-16,29-30,33-34H2,1-4H3,(H,54,58)(H,55,59). The van der Waals surface area contributed by atoms with Gasteiger partial charge in [0, 0.05) is 48.1 Å². The molecule has 2 aliphatic heterocycles. The number of benzene rings is 4. The number of urea groups is 1. The van der Waals surface area contributed by atoms with Gasteiger partial charge in [0.05, 0.1) is 23.5 Å². The van der Waals surface area contributed by atoms with Gasteiger partial charge >= 0.3 is 6.03 Å². The average molecular weight is 835 g/mol. The number of anilines is 2. The molecule has 62 heavy (non-hydrogen) atoms. The van der Waals surface area contributed by atoms with Gasteiger partial charge in [-0.05, 0) is 121 Å². The molecule has 2 fully saturated rings. The molecule has 2 aromatic heterocycles. The molecule has 0 spiro atoms. The van der Waals surface area contributed by atoms with Crippen molar-refractivity contribution in [2.24, 2.45) is 0 Å². The first-order valence-electron chi connectivity index (χ1n) is 21.9. The monoisotopic (exact) mass is 834 g/mol. The van der Waals surface area contributed by atoms with E-state index in [1.807, 2.05) is 60.7 Å². The first kappa shape index (κ1) is 42.5. The van der Waals surface area contributed by atoms with E-state index in [1.54, 1.807) is 0 Å². The van der Waals surface area contributed by atoms with Crippen LogP contribution in [0.1, 0.15) is 101 Å². The second-order valence-corrected chi connectivity index (χ2v) is 18.0. The van der Waals surface area contributed by atoms with Gasteiger partial charge in [-0.2, -0.15) is 0 Å². The number of aromatic nitrogens is 4. The third-order valence-corrected chi connectivity index (χ3v) is 12.6. The van der Waals surface area contributed by atoms with Crippen molar-refractivity contribution >= 4 is 17.7 Å². The molecule has 2 aliphatic rings. The molecule has 9 nitrogen and oxygen atoms in total. The molecule has 320 valence electrons. The van der Waals surface area contributed by atoms with Crippen LogP contribution in [-0.2, 0) is 10.8 Å². The molecule has 11 heteroatoms. The summed E-state index contributed by atoms with van der Waals surface area (Å²) >= 11 is 0. The maximum absolute atomic E-state index is 14.7. The van der Waals surface area contributed by atoms with E-state index in [2.05, 4.69) is 105 Å². The molecule has 2 unspecified atom stereocenters. The predicted molar refractivity (Wildman–Crippen MR) is 243 cm³/mol. The average Bonchev–Trinajstić information content (AvgIpc) is 3.31. The Morgan fingerprint density at radius 2 is 0.984 bits per heavy atom. The van der Waals surface area contributed by atoms with Crippen LogP contribution in [0.25, 0.3) is 22.5 Å². The van der Waals surface area contributed by atoms with Crippen molar-refractivity contribution in [3.63, 3.8) is 0 Å². The predicted octanol–water partition coefficient (Wildman–Crippen LogP) is 11.5. The van der Waals surface area contributed by atoms with E-state index in [-0.39, 0.29) is 40.6 Å². The minimum Gasteiger partial charge on any atom is -0.368 e. The van der Waals surface area contributed by atoms with E-state index in [4.69, 9.17) is 0 Å². The molecule has 4 aromatic carbocycles. The Balaban J connectivity index is 0.934. The number of amides is 2. The summed E-state index contributed by atoms with van der Waals surface area (Å²) < 4.78 is 27.0. The van der Waals surface area contributed by atoms with E-state index in [0.717, 1.165) is 83.3 Å². The summed E-state index contributed by atoms with van der Waals surface area (Å²) in [7, 11) is 0. The summed E-state index contributed by atoms with van der Waals surface area (Å²) in [6.07, 6.45) is 5.85. The second-order valence-electron chi connectivity index (χ2n) is 18.0. The van der Waals surface area contributed by atoms with Crippen LogP contribution in [0.2, 0.25) is 0 Å². The Hall–Kier alpha value is -6.23. The van der Waals surface area contributed by atoms with Crippen LogP contribution in [0, 0.1) is 11.6 Å². The second kappa shape index (κ2) is 18.4. The lowest BCUT2D eigenvalue weighted by Crippen LogP contribution is -2.49. The lowest BCUT2D eigenvalue weighted by molar-refractivity contribution is 0.0874. The summed E-state index contributed by atoms with van der Waals surface area (Å²) in [5.41, 5.74) is 7.25. The summed E-state index contributed by atoms with van der Waals surface area (Å²) in [6, 6.07) is 37.9. The molecule has 0 saturated carbocycles. The maximum Gasteiger partial charge on any atom is 0.321 e. The molecular formula is C51H56F2N8O. The number of halogens is 2. The van der Waals surface area contributed by atoms with Crippen LogP contribution in [0.4, 0.5) is 25.2 Å². The molecule has 0 bridgehead atoms. The quantitative estimate of drug-likeness (QED) is 0.127. The van der Waals surface area contributed by atoms with Gasteiger partial charge in [-0.3, -0.25) is 0 Å². The summed E-state index contributed by atoms with van der Waals surface area (Å²) in [6.45, 7) is 11.1. The normalized spacial score (nSPS) is 17.1. The van der Waals surface area contributed by atoms with E-state index in [1.165, 1.54) is 24.3 Å². The Labute approximate surface area is 364 Å². The highest BCUT2D eigenvalue weighted by molar-refractivity contribution is 5.76. The fraction of sp³-hybridized carbons (Fsp3) is 0.353. The van der Waals surface area contributed by atoms with Crippen LogP contribution in [-0.4, -0.2) is 62.4 Å². The third-order valence-electron chi connectivity index (χ3n) is 12.6. The topological polar surface area (TPSA) is 99.2 Å². The third kappa shape index (κ3) is 9.77. The Morgan fingerprint density at radius 1 is 0.565 bits per heavy atom. The summed E-state index contributed by atoms with van der Waals surface area (Å²) in [4.78, 5) is 18.9. The van der Waals surface area contributed by atoms with Gasteiger partial charge in [0.25, 0.3) is 0 Å². The molecule has 8 rings (SSSR count). The van der Waals surface area contributed by atoms with Crippen molar-refractivity contribution in [3.8, 4) is 22.5 Å².